The number of anilines is 2. The zero-order valence-corrected chi connectivity index (χ0v) is 14.1. The fourth-order valence-corrected chi connectivity index (χ4v) is 2.24. The second-order valence-electron chi connectivity index (χ2n) is 5.97. The van der Waals surface area contributed by atoms with Crippen LogP contribution in [0.5, 0.6) is 0 Å². The molecule has 2 rings (SSSR count). The number of aromatic nitrogens is 1. The van der Waals surface area contributed by atoms with Crippen molar-refractivity contribution >= 4 is 23.3 Å². The van der Waals surface area contributed by atoms with Gasteiger partial charge >= 0.3 is 0 Å². The molecule has 2 amide bonds. The Morgan fingerprint density at radius 2 is 1.83 bits per heavy atom. The summed E-state index contributed by atoms with van der Waals surface area (Å²) in [6.45, 7) is 4.26. The average molecular weight is 326 g/mol. The van der Waals surface area contributed by atoms with Crippen LogP contribution >= 0.6 is 0 Å². The van der Waals surface area contributed by atoms with Gasteiger partial charge in [-0.3, -0.25) is 9.59 Å². The van der Waals surface area contributed by atoms with Crippen LogP contribution in [0.4, 0.5) is 11.5 Å². The van der Waals surface area contributed by atoms with Gasteiger partial charge in [0.05, 0.1) is 11.9 Å². The van der Waals surface area contributed by atoms with E-state index in [1.165, 1.54) is 6.20 Å². The fourth-order valence-electron chi connectivity index (χ4n) is 2.24. The van der Waals surface area contributed by atoms with Gasteiger partial charge in [0.2, 0.25) is 5.91 Å². The Kier molecular flexibility index (Phi) is 5.52. The van der Waals surface area contributed by atoms with Crippen molar-refractivity contribution in [2.75, 3.05) is 18.1 Å². The third-order valence-electron chi connectivity index (χ3n) is 3.55. The minimum absolute atomic E-state index is 0.0337. The molecule has 0 unspecified atom stereocenters. The molecule has 0 aliphatic rings. The molecule has 0 aliphatic carbocycles. The van der Waals surface area contributed by atoms with Crippen LogP contribution in [0.1, 0.15) is 29.8 Å². The third-order valence-corrected chi connectivity index (χ3v) is 3.55. The Hall–Kier alpha value is -2.89. The average Bonchev–Trinajstić information content (AvgIpc) is 2.56. The standard InChI is InChI=1S/C18H22N4O2/c1-12(2)18(24)22(3)11-13-4-6-14(7-5-13)17(23)21-15-8-9-16(19)20-10-15/h4-10,12H,11H2,1-3H3,(H2,19,20)(H,21,23). The topological polar surface area (TPSA) is 88.3 Å². The fraction of sp³-hybridized carbons (Fsp3) is 0.278. The highest BCUT2D eigenvalue weighted by Crippen LogP contribution is 2.12. The molecule has 0 spiro atoms. The molecule has 0 radical (unpaired) electrons. The largest absolute Gasteiger partial charge is 0.384 e. The first kappa shape index (κ1) is 17.5. The van der Waals surface area contributed by atoms with Gasteiger partial charge in [-0.2, -0.15) is 0 Å². The van der Waals surface area contributed by atoms with Crippen molar-refractivity contribution < 1.29 is 9.59 Å². The number of rotatable bonds is 5. The summed E-state index contributed by atoms with van der Waals surface area (Å²) in [6.07, 6.45) is 1.51. The van der Waals surface area contributed by atoms with Gasteiger partial charge < -0.3 is 16.0 Å². The van der Waals surface area contributed by atoms with Crippen molar-refractivity contribution in [3.63, 3.8) is 0 Å². The first-order valence-corrected chi connectivity index (χ1v) is 7.73. The molecular formula is C18H22N4O2. The van der Waals surface area contributed by atoms with E-state index < -0.39 is 0 Å². The van der Waals surface area contributed by atoms with Crippen LogP contribution < -0.4 is 11.1 Å². The Labute approximate surface area is 141 Å². The summed E-state index contributed by atoms with van der Waals surface area (Å²) in [5.41, 5.74) is 7.60. The third kappa shape index (κ3) is 4.55. The lowest BCUT2D eigenvalue weighted by Crippen LogP contribution is -2.29. The van der Waals surface area contributed by atoms with Crippen LogP contribution in [-0.4, -0.2) is 28.7 Å². The molecule has 0 fully saturated rings. The van der Waals surface area contributed by atoms with Crippen molar-refractivity contribution in [1.82, 2.24) is 9.88 Å². The van der Waals surface area contributed by atoms with Crippen molar-refractivity contribution in [3.05, 3.63) is 53.7 Å². The van der Waals surface area contributed by atoms with Gasteiger partial charge in [-0.1, -0.05) is 26.0 Å². The van der Waals surface area contributed by atoms with E-state index >= 15 is 0 Å². The molecule has 126 valence electrons. The van der Waals surface area contributed by atoms with Crippen LogP contribution in [0, 0.1) is 5.92 Å². The number of benzene rings is 1. The van der Waals surface area contributed by atoms with E-state index in [0.717, 1.165) is 5.56 Å². The molecule has 0 atom stereocenters. The number of nitrogens with zero attached hydrogens (tertiary/aromatic N) is 2. The molecule has 1 aromatic carbocycles. The van der Waals surface area contributed by atoms with Crippen molar-refractivity contribution in [2.24, 2.45) is 5.92 Å². The quantitative estimate of drug-likeness (QED) is 0.883. The lowest BCUT2D eigenvalue weighted by Gasteiger charge is -2.19. The molecule has 1 aromatic heterocycles. The molecule has 3 N–H and O–H groups in total. The predicted octanol–water partition coefficient (Wildman–Crippen LogP) is 2.53. The normalized spacial score (nSPS) is 10.5. The molecule has 0 saturated carbocycles. The number of nitrogens with one attached hydrogen (secondary N) is 1. The lowest BCUT2D eigenvalue weighted by atomic mass is 10.1. The van der Waals surface area contributed by atoms with Gasteiger partial charge in [0.15, 0.2) is 0 Å². The van der Waals surface area contributed by atoms with Gasteiger partial charge in [0, 0.05) is 25.1 Å². The summed E-state index contributed by atoms with van der Waals surface area (Å²) in [6, 6.07) is 10.5. The van der Waals surface area contributed by atoms with E-state index in [1.54, 1.807) is 36.2 Å². The van der Waals surface area contributed by atoms with Crippen LogP contribution in [0.2, 0.25) is 0 Å². The summed E-state index contributed by atoms with van der Waals surface area (Å²) in [5, 5.41) is 2.76. The number of nitrogens with two attached hydrogens (primary N) is 1. The molecule has 6 nitrogen and oxygen atoms in total. The monoisotopic (exact) mass is 326 g/mol. The zero-order chi connectivity index (χ0) is 17.7. The van der Waals surface area contributed by atoms with E-state index in [4.69, 9.17) is 5.73 Å². The molecular weight excluding hydrogens is 304 g/mol. The number of amides is 2. The van der Waals surface area contributed by atoms with Crippen molar-refractivity contribution in [2.45, 2.75) is 20.4 Å². The predicted molar refractivity (Wildman–Crippen MR) is 94.4 cm³/mol. The van der Waals surface area contributed by atoms with Gasteiger partial charge in [0.25, 0.3) is 5.91 Å². The van der Waals surface area contributed by atoms with E-state index in [0.29, 0.717) is 23.6 Å². The second-order valence-corrected chi connectivity index (χ2v) is 5.97. The molecule has 1 heterocycles. The smallest absolute Gasteiger partial charge is 0.255 e. The maximum Gasteiger partial charge on any atom is 0.255 e. The van der Waals surface area contributed by atoms with Crippen LogP contribution in [0.25, 0.3) is 0 Å². The van der Waals surface area contributed by atoms with Crippen LogP contribution in [0.15, 0.2) is 42.6 Å². The number of carbonyl (C=O) groups excluding carboxylic acids is 2. The van der Waals surface area contributed by atoms with E-state index in [1.807, 2.05) is 26.0 Å². The summed E-state index contributed by atoms with van der Waals surface area (Å²) < 4.78 is 0. The molecule has 2 aromatic rings. The second kappa shape index (κ2) is 7.59. The van der Waals surface area contributed by atoms with E-state index in [-0.39, 0.29) is 17.7 Å². The lowest BCUT2D eigenvalue weighted by molar-refractivity contribution is -0.133. The van der Waals surface area contributed by atoms with Crippen LogP contribution in [-0.2, 0) is 11.3 Å². The summed E-state index contributed by atoms with van der Waals surface area (Å²) >= 11 is 0. The van der Waals surface area contributed by atoms with Gasteiger partial charge in [-0.05, 0) is 29.8 Å². The highest BCUT2D eigenvalue weighted by Gasteiger charge is 2.13. The highest BCUT2D eigenvalue weighted by molar-refractivity contribution is 6.04. The van der Waals surface area contributed by atoms with Gasteiger partial charge in [-0.25, -0.2) is 4.98 Å². The Balaban J connectivity index is 1.99. The first-order chi connectivity index (χ1) is 11.4. The molecule has 0 saturated heterocycles. The number of hydrogen-bond donors (Lipinski definition) is 2. The number of carbonyl (C=O) groups is 2. The summed E-state index contributed by atoms with van der Waals surface area (Å²) in [4.78, 5) is 29.7. The number of hydrogen-bond acceptors (Lipinski definition) is 4. The Morgan fingerprint density at radius 1 is 1.17 bits per heavy atom. The number of nitrogen functional groups attached to an aromatic ring is 1. The highest BCUT2D eigenvalue weighted by atomic mass is 16.2. The Bertz CT molecular complexity index is 709. The molecule has 0 bridgehead atoms. The van der Waals surface area contributed by atoms with Crippen LogP contribution in [0.3, 0.4) is 0 Å². The van der Waals surface area contributed by atoms with Gasteiger partial charge in [-0.15, -0.1) is 0 Å². The van der Waals surface area contributed by atoms with E-state index in [9.17, 15) is 9.59 Å². The molecule has 6 heteroatoms. The molecule has 24 heavy (non-hydrogen) atoms. The minimum Gasteiger partial charge on any atom is -0.384 e. The molecule has 0 aliphatic heterocycles. The maximum absolute atomic E-state index is 12.2. The summed E-state index contributed by atoms with van der Waals surface area (Å²) in [7, 11) is 1.77. The minimum atomic E-state index is -0.222. The van der Waals surface area contributed by atoms with Gasteiger partial charge in [0.1, 0.15) is 5.82 Å². The number of pyridine rings is 1. The first-order valence-electron chi connectivity index (χ1n) is 7.73. The van der Waals surface area contributed by atoms with E-state index in [2.05, 4.69) is 10.3 Å². The Morgan fingerprint density at radius 3 is 2.38 bits per heavy atom. The SMILES string of the molecule is CC(C)C(=O)N(C)Cc1ccc(C(=O)Nc2ccc(N)nc2)cc1. The van der Waals surface area contributed by atoms with Crippen molar-refractivity contribution in [3.8, 4) is 0 Å². The van der Waals surface area contributed by atoms with Crippen molar-refractivity contribution in [1.29, 1.82) is 0 Å². The maximum atomic E-state index is 12.2. The summed E-state index contributed by atoms with van der Waals surface area (Å²) in [5.74, 6) is 0.235. The zero-order valence-electron chi connectivity index (χ0n) is 14.1.